The predicted octanol–water partition coefficient (Wildman–Crippen LogP) is 0.813. The van der Waals surface area contributed by atoms with Crippen LogP contribution in [0.1, 0.15) is 54.6 Å². The van der Waals surface area contributed by atoms with E-state index in [4.69, 9.17) is 4.98 Å². The first-order chi connectivity index (χ1) is 14.0. The van der Waals surface area contributed by atoms with E-state index >= 15 is 0 Å². The van der Waals surface area contributed by atoms with E-state index in [0.717, 1.165) is 37.7 Å². The molecule has 1 unspecified atom stereocenters. The first-order valence-corrected chi connectivity index (χ1v) is 10.6. The molecule has 1 aromatic heterocycles. The number of pyridine rings is 1. The van der Waals surface area contributed by atoms with Gasteiger partial charge in [-0.2, -0.15) is 0 Å². The summed E-state index contributed by atoms with van der Waals surface area (Å²) in [5.74, 6) is 0.102. The number of nitrogens with zero attached hydrogens (tertiary/aromatic N) is 3. The molecular formula is C21H27N5O3. The summed E-state index contributed by atoms with van der Waals surface area (Å²) in [4.78, 5) is 45.1. The Morgan fingerprint density at radius 2 is 1.79 bits per heavy atom. The predicted molar refractivity (Wildman–Crippen MR) is 106 cm³/mol. The van der Waals surface area contributed by atoms with E-state index in [1.165, 1.54) is 25.7 Å². The van der Waals surface area contributed by atoms with E-state index in [1.807, 2.05) is 12.1 Å². The summed E-state index contributed by atoms with van der Waals surface area (Å²) in [7, 11) is 0. The van der Waals surface area contributed by atoms with Crippen LogP contribution in [0.4, 0.5) is 5.82 Å². The second-order valence-corrected chi connectivity index (χ2v) is 8.80. The molecule has 5 rings (SSSR count). The lowest BCUT2D eigenvalue weighted by atomic mass is 9.71. The molecule has 0 radical (unpaired) electrons. The van der Waals surface area contributed by atoms with Gasteiger partial charge in [-0.25, -0.2) is 4.98 Å². The molecule has 1 spiro atoms. The zero-order valence-electron chi connectivity index (χ0n) is 16.6. The molecule has 29 heavy (non-hydrogen) atoms. The number of aromatic nitrogens is 1. The quantitative estimate of drug-likeness (QED) is 0.718. The van der Waals surface area contributed by atoms with Crippen molar-refractivity contribution in [3.05, 3.63) is 23.4 Å². The van der Waals surface area contributed by atoms with Crippen molar-refractivity contribution >= 4 is 23.5 Å². The van der Waals surface area contributed by atoms with Crippen molar-refractivity contribution in [1.29, 1.82) is 0 Å². The highest BCUT2D eigenvalue weighted by molar-refractivity contribution is 6.05. The maximum absolute atomic E-state index is 12.8. The van der Waals surface area contributed by atoms with Gasteiger partial charge in [-0.05, 0) is 62.7 Å². The Kier molecular flexibility index (Phi) is 4.53. The highest BCUT2D eigenvalue weighted by Crippen LogP contribution is 2.40. The second-order valence-electron chi connectivity index (χ2n) is 8.80. The summed E-state index contributed by atoms with van der Waals surface area (Å²) in [5, 5.41) is 5.80. The van der Waals surface area contributed by atoms with Crippen LogP contribution >= 0.6 is 0 Å². The van der Waals surface area contributed by atoms with Crippen LogP contribution in [0.25, 0.3) is 0 Å². The van der Waals surface area contributed by atoms with E-state index in [0.29, 0.717) is 23.9 Å². The number of carbonyl (C=O) groups is 3. The first-order valence-electron chi connectivity index (χ1n) is 10.6. The molecule has 3 saturated heterocycles. The topological polar surface area (TPSA) is 94.6 Å². The van der Waals surface area contributed by atoms with Crippen molar-refractivity contribution in [1.82, 2.24) is 20.5 Å². The van der Waals surface area contributed by atoms with Gasteiger partial charge in [-0.1, -0.05) is 0 Å². The Hall–Kier alpha value is -2.48. The van der Waals surface area contributed by atoms with Gasteiger partial charge in [0.1, 0.15) is 11.9 Å². The average molecular weight is 397 g/mol. The van der Waals surface area contributed by atoms with E-state index < -0.39 is 6.04 Å². The smallest absolute Gasteiger partial charge is 0.256 e. The zero-order valence-corrected chi connectivity index (χ0v) is 16.6. The van der Waals surface area contributed by atoms with Crippen molar-refractivity contribution in [3.8, 4) is 0 Å². The van der Waals surface area contributed by atoms with Crippen LogP contribution in [0.5, 0.6) is 0 Å². The molecule has 1 atom stereocenters. The molecule has 2 N–H and O–H groups in total. The molecule has 4 aliphatic heterocycles. The molecule has 0 bridgehead atoms. The highest BCUT2D eigenvalue weighted by atomic mass is 16.2. The molecule has 8 heteroatoms. The molecule has 4 aliphatic rings. The maximum Gasteiger partial charge on any atom is 0.256 e. The number of rotatable bonds is 2. The number of imide groups is 1. The average Bonchev–Trinajstić information content (AvgIpc) is 3.05. The Morgan fingerprint density at radius 1 is 1.03 bits per heavy atom. The maximum atomic E-state index is 12.8. The van der Waals surface area contributed by atoms with Crippen LogP contribution in [-0.2, 0) is 16.1 Å². The van der Waals surface area contributed by atoms with Gasteiger partial charge in [0.15, 0.2) is 0 Å². The van der Waals surface area contributed by atoms with Crippen LogP contribution in [0, 0.1) is 5.41 Å². The third-order valence-electron chi connectivity index (χ3n) is 7.17. The Labute approximate surface area is 170 Å². The monoisotopic (exact) mass is 397 g/mol. The summed E-state index contributed by atoms with van der Waals surface area (Å²) in [6.45, 7) is 4.57. The molecule has 5 heterocycles. The van der Waals surface area contributed by atoms with Crippen molar-refractivity contribution in [3.63, 3.8) is 0 Å². The van der Waals surface area contributed by atoms with Gasteiger partial charge in [0.2, 0.25) is 11.8 Å². The third-order valence-corrected chi connectivity index (χ3v) is 7.17. The molecule has 8 nitrogen and oxygen atoms in total. The van der Waals surface area contributed by atoms with Crippen molar-refractivity contribution < 1.29 is 14.4 Å². The molecule has 0 saturated carbocycles. The molecule has 3 amide bonds. The molecule has 154 valence electrons. The number of anilines is 1. The minimum absolute atomic E-state index is 0.166. The lowest BCUT2D eigenvalue weighted by Crippen LogP contribution is -2.52. The summed E-state index contributed by atoms with van der Waals surface area (Å²) < 4.78 is 0. The van der Waals surface area contributed by atoms with Gasteiger partial charge in [0, 0.05) is 19.5 Å². The second kappa shape index (κ2) is 7.09. The summed E-state index contributed by atoms with van der Waals surface area (Å²) in [5.41, 5.74) is 1.79. The normalized spacial score (nSPS) is 26.6. The van der Waals surface area contributed by atoms with Gasteiger partial charge < -0.3 is 15.1 Å². The number of carbonyl (C=O) groups excluding carboxylic acids is 3. The van der Waals surface area contributed by atoms with Crippen LogP contribution in [0.15, 0.2) is 12.1 Å². The molecular weight excluding hydrogens is 370 g/mol. The van der Waals surface area contributed by atoms with Crippen molar-refractivity contribution in [2.75, 3.05) is 31.1 Å². The molecule has 3 fully saturated rings. The molecule has 0 aromatic carbocycles. The largest absolute Gasteiger partial charge is 0.357 e. The van der Waals surface area contributed by atoms with E-state index in [-0.39, 0.29) is 24.1 Å². The molecule has 1 aromatic rings. The van der Waals surface area contributed by atoms with Gasteiger partial charge in [0.25, 0.3) is 5.91 Å². The fraction of sp³-hybridized carbons (Fsp3) is 0.619. The van der Waals surface area contributed by atoms with E-state index in [1.54, 1.807) is 4.90 Å². The van der Waals surface area contributed by atoms with Gasteiger partial charge in [-0.15, -0.1) is 0 Å². The number of nitrogens with one attached hydrogen (secondary N) is 2. The fourth-order valence-corrected chi connectivity index (χ4v) is 5.27. The highest BCUT2D eigenvalue weighted by Gasteiger charge is 2.40. The van der Waals surface area contributed by atoms with Gasteiger partial charge in [0.05, 0.1) is 17.8 Å². The number of hydrogen-bond acceptors (Lipinski definition) is 6. The summed E-state index contributed by atoms with van der Waals surface area (Å²) in [6, 6.07) is 3.19. The fourth-order valence-electron chi connectivity index (χ4n) is 5.27. The van der Waals surface area contributed by atoms with Crippen LogP contribution in [0.2, 0.25) is 0 Å². The lowest BCUT2D eigenvalue weighted by molar-refractivity contribution is -0.136. The van der Waals surface area contributed by atoms with Crippen LogP contribution < -0.4 is 15.5 Å². The Morgan fingerprint density at radius 3 is 2.52 bits per heavy atom. The SMILES string of the molecule is O=C1CCC(N2Cc3nc(N4CCC5(CCNCC5)CC4)ccc3C2=O)C(=O)N1. The Balaban J connectivity index is 1.29. The lowest BCUT2D eigenvalue weighted by Gasteiger charge is -2.44. The minimum atomic E-state index is -0.590. The van der Waals surface area contributed by atoms with Crippen LogP contribution in [-0.4, -0.2) is 59.8 Å². The minimum Gasteiger partial charge on any atom is -0.357 e. The van der Waals surface area contributed by atoms with Gasteiger partial charge >= 0.3 is 0 Å². The summed E-state index contributed by atoms with van der Waals surface area (Å²) in [6.07, 6.45) is 5.53. The van der Waals surface area contributed by atoms with E-state index in [2.05, 4.69) is 15.5 Å². The number of amides is 3. The number of fused-ring (bicyclic) bond motifs is 1. The number of hydrogen-bond donors (Lipinski definition) is 2. The van der Waals surface area contributed by atoms with Crippen molar-refractivity contribution in [2.24, 2.45) is 5.41 Å². The Bertz CT molecular complexity index is 854. The van der Waals surface area contributed by atoms with Crippen LogP contribution in [0.3, 0.4) is 0 Å². The zero-order chi connectivity index (χ0) is 20.0. The first kappa shape index (κ1) is 18.5. The standard InChI is InChI=1S/C21H27N5O3/c27-18-4-2-16(19(28)24-18)26-13-15-14(20(26)29)1-3-17(23-15)25-11-7-21(8-12-25)5-9-22-10-6-21/h1,3,16,22H,2,4-13H2,(H,24,27,28). The molecule has 0 aliphatic carbocycles. The van der Waals surface area contributed by atoms with E-state index in [9.17, 15) is 14.4 Å². The third kappa shape index (κ3) is 3.29. The van der Waals surface area contributed by atoms with Crippen molar-refractivity contribution in [2.45, 2.75) is 51.1 Å². The van der Waals surface area contributed by atoms with Gasteiger partial charge in [-0.3, -0.25) is 19.7 Å². The summed E-state index contributed by atoms with van der Waals surface area (Å²) >= 11 is 0. The number of piperidine rings is 3.